The van der Waals surface area contributed by atoms with Gasteiger partial charge >= 0.3 is 40.6 Å². The Morgan fingerprint density at radius 2 is 1.89 bits per heavy atom. The number of nitrogens with one attached hydrogen (secondary N) is 2. The average molecular weight is 500 g/mol. The molecule has 1 aliphatic carbocycles. The van der Waals surface area contributed by atoms with Gasteiger partial charge in [-0.15, -0.1) is 0 Å². The fourth-order valence-electron chi connectivity index (χ4n) is 2.31. The number of carbonyl (C=O) groups excluding carboxylic acids is 1. The Hall–Kier alpha value is -1.88. The van der Waals surface area contributed by atoms with Gasteiger partial charge in [-0.05, 0) is 30.2 Å². The van der Waals surface area contributed by atoms with E-state index in [9.17, 15) is 9.59 Å². The van der Waals surface area contributed by atoms with Gasteiger partial charge in [0.1, 0.15) is 11.3 Å². The van der Waals surface area contributed by atoms with Crippen LogP contribution in [0.3, 0.4) is 0 Å². The van der Waals surface area contributed by atoms with Crippen molar-refractivity contribution in [3.05, 3.63) is 87.9 Å². The number of para-hydroxylation sites is 1. The molecule has 2 N–H and O–H groups in total. The monoisotopic (exact) mass is 498 g/mol. The molecule has 0 radical (unpaired) electrons. The second-order valence-electron chi connectivity index (χ2n) is 5.28. The topological polar surface area (TPSA) is 104 Å². The van der Waals surface area contributed by atoms with Gasteiger partial charge in [-0.2, -0.15) is 0 Å². The first-order chi connectivity index (χ1) is 13.0. The van der Waals surface area contributed by atoms with E-state index in [4.69, 9.17) is 39.7 Å². The average Bonchev–Trinajstić information content (AvgIpc) is 2.65. The van der Waals surface area contributed by atoms with Gasteiger partial charge in [0.25, 0.3) is 5.97 Å². The first-order valence-corrected chi connectivity index (χ1v) is 11.5. The molecule has 1 aliphatic heterocycles. The third kappa shape index (κ3) is 6.06. The summed E-state index contributed by atoms with van der Waals surface area (Å²) in [4.78, 5) is 21.8. The maximum absolute atomic E-state index is 10.9. The van der Waals surface area contributed by atoms with Crippen LogP contribution >= 0.6 is 19.1 Å². The summed E-state index contributed by atoms with van der Waals surface area (Å²) in [5, 5.41) is 0.780. The third-order valence-corrected chi connectivity index (χ3v) is 3.51. The van der Waals surface area contributed by atoms with E-state index in [0.717, 1.165) is 17.4 Å². The first kappa shape index (κ1) is 21.4. The summed E-state index contributed by atoms with van der Waals surface area (Å²) >= 11 is -0.106. The summed E-state index contributed by atoms with van der Waals surface area (Å²) in [6, 6.07) is 7.79. The minimum atomic E-state index is -0.844. The quantitative estimate of drug-likeness (QED) is 0.268. The number of allylic oxidation sites excluding steroid dienone is 4. The number of fused-ring (bicyclic) bond motifs is 2. The first-order valence-electron chi connectivity index (χ1n) is 7.53. The van der Waals surface area contributed by atoms with E-state index >= 15 is 0 Å². The third-order valence-electron chi connectivity index (χ3n) is 3.51. The summed E-state index contributed by atoms with van der Waals surface area (Å²) in [5.74, 6) is 0.117. The molecule has 6 nitrogen and oxygen atoms in total. The molecule has 2 aromatic rings. The van der Waals surface area contributed by atoms with Crippen molar-refractivity contribution in [2.75, 3.05) is 0 Å². The van der Waals surface area contributed by atoms with Crippen LogP contribution in [-0.2, 0) is 25.5 Å². The Morgan fingerprint density at radius 3 is 2.63 bits per heavy atom. The Labute approximate surface area is 171 Å². The van der Waals surface area contributed by atoms with Gasteiger partial charge in [-0.25, -0.2) is 4.79 Å². The molecule has 2 heterocycles. The van der Waals surface area contributed by atoms with Crippen molar-refractivity contribution in [3.63, 3.8) is 0 Å². The van der Waals surface area contributed by atoms with E-state index in [2.05, 4.69) is 0 Å². The molecule has 27 heavy (non-hydrogen) atoms. The summed E-state index contributed by atoms with van der Waals surface area (Å²) in [5.41, 5.74) is 15.3. The predicted molar refractivity (Wildman–Crippen MR) is 102 cm³/mol. The largest absolute Gasteiger partial charge is 0.693 e. The van der Waals surface area contributed by atoms with E-state index in [1.807, 2.05) is 18.2 Å². The molecule has 1 atom stereocenters. The summed E-state index contributed by atoms with van der Waals surface area (Å²) < 4.78 is 9.77. The molecule has 146 valence electrons. The van der Waals surface area contributed by atoms with E-state index in [1.54, 1.807) is 30.4 Å². The smallest absolute Gasteiger partial charge is 0.320 e. The van der Waals surface area contributed by atoms with Crippen LogP contribution in [0.15, 0.2) is 75.2 Å². The van der Waals surface area contributed by atoms with Crippen LogP contribution in [-0.4, -0.2) is 12.0 Å². The minimum absolute atomic E-state index is 0.103. The number of hydrogen-bond acceptors (Lipinski definition) is 4. The van der Waals surface area contributed by atoms with Gasteiger partial charge < -0.3 is 20.6 Å². The van der Waals surface area contributed by atoms with E-state index in [-0.39, 0.29) is 21.6 Å². The number of hydrogen-bond donors (Lipinski definition) is 0. The SMILES string of the molecule is [Cl][Pd][Cl].[NH-]C1C=C2CC=CC=C2OC1=O.[NH-]c1cc2ccccc2oc1=O. The Bertz CT molecular complexity index is 969. The number of carbonyl (C=O) groups is 1. The molecular formula is C18H14Cl2N2O4Pd-2. The standard InChI is InChI=1S/C9H8NO2.C9H6NO2.2ClH.Pd/c2*10-7-5-6-3-1-2-4-8(6)12-9(7)11;;;/h1-2,4-5,7,10H,3H2;1-5,10H;2*1H;/q2*-1;;;+2/p-2. The van der Waals surface area contributed by atoms with Gasteiger partial charge in [-0.1, -0.05) is 48.2 Å². The molecule has 0 fully saturated rings. The molecule has 2 aliphatic rings. The van der Waals surface area contributed by atoms with Crippen LogP contribution < -0.4 is 5.63 Å². The maximum atomic E-state index is 10.9. The van der Waals surface area contributed by atoms with Crippen molar-refractivity contribution in [1.29, 1.82) is 0 Å². The molecule has 1 unspecified atom stereocenters. The van der Waals surface area contributed by atoms with Crippen LogP contribution in [0.2, 0.25) is 0 Å². The second kappa shape index (κ2) is 10.5. The van der Waals surface area contributed by atoms with Crippen molar-refractivity contribution < 1.29 is 29.9 Å². The number of benzene rings is 1. The van der Waals surface area contributed by atoms with Crippen molar-refractivity contribution in [2.45, 2.75) is 12.5 Å². The predicted octanol–water partition coefficient (Wildman–Crippen LogP) is 5.59. The van der Waals surface area contributed by atoms with Crippen LogP contribution in [0.1, 0.15) is 6.42 Å². The van der Waals surface area contributed by atoms with Gasteiger partial charge in [0.15, 0.2) is 0 Å². The molecule has 0 spiro atoms. The molecule has 0 saturated heterocycles. The molecule has 0 saturated carbocycles. The van der Waals surface area contributed by atoms with Gasteiger partial charge in [0, 0.05) is 5.39 Å². The molecule has 1 aromatic carbocycles. The summed E-state index contributed by atoms with van der Waals surface area (Å²) in [7, 11) is 9.63. The van der Waals surface area contributed by atoms with Crippen LogP contribution in [0.25, 0.3) is 22.4 Å². The maximum Gasteiger partial charge on any atom is 0.320 e. The molecule has 4 rings (SSSR count). The zero-order valence-electron chi connectivity index (χ0n) is 13.7. The van der Waals surface area contributed by atoms with Crippen LogP contribution in [0.5, 0.6) is 0 Å². The molecule has 0 bridgehead atoms. The zero-order chi connectivity index (χ0) is 19.8. The number of halogens is 2. The second-order valence-corrected chi connectivity index (χ2v) is 7.64. The van der Waals surface area contributed by atoms with E-state index in [1.165, 1.54) is 6.07 Å². The van der Waals surface area contributed by atoms with Gasteiger partial charge in [0.05, 0.1) is 0 Å². The van der Waals surface area contributed by atoms with Crippen LogP contribution in [0, 0.1) is 0 Å². The molecule has 0 amide bonds. The Balaban J connectivity index is 0.000000170. The zero-order valence-corrected chi connectivity index (χ0v) is 16.8. The number of rotatable bonds is 0. The van der Waals surface area contributed by atoms with Gasteiger partial charge in [0.2, 0.25) is 0 Å². The number of ether oxygens (including phenoxy) is 1. The van der Waals surface area contributed by atoms with Crippen LogP contribution in [0.4, 0.5) is 5.69 Å². The summed E-state index contributed by atoms with van der Waals surface area (Å²) in [6.07, 6.45) is 7.97. The van der Waals surface area contributed by atoms with E-state index in [0.29, 0.717) is 11.3 Å². The molecule has 9 heteroatoms. The fourth-order valence-corrected chi connectivity index (χ4v) is 2.31. The fraction of sp³-hybridized carbons (Fsp3) is 0.111. The Kier molecular flexibility index (Phi) is 8.30. The van der Waals surface area contributed by atoms with Crippen molar-refractivity contribution >= 4 is 41.7 Å². The van der Waals surface area contributed by atoms with Gasteiger partial charge in [-0.3, -0.25) is 4.79 Å². The van der Waals surface area contributed by atoms with Crippen molar-refractivity contribution in [2.24, 2.45) is 0 Å². The number of esters is 1. The van der Waals surface area contributed by atoms with Crippen molar-refractivity contribution in [3.8, 4) is 0 Å². The molecule has 1 aromatic heterocycles. The Morgan fingerprint density at radius 1 is 1.19 bits per heavy atom. The molecular weight excluding hydrogens is 486 g/mol. The van der Waals surface area contributed by atoms with Crippen molar-refractivity contribution in [1.82, 2.24) is 0 Å². The normalized spacial score (nSPS) is 17.4. The minimum Gasteiger partial charge on any atom is -0.693 e. The van der Waals surface area contributed by atoms with E-state index < -0.39 is 17.6 Å². The summed E-state index contributed by atoms with van der Waals surface area (Å²) in [6.45, 7) is 0.